The van der Waals surface area contributed by atoms with E-state index in [1.807, 2.05) is 0 Å². The van der Waals surface area contributed by atoms with E-state index in [2.05, 4.69) is 0 Å². The van der Waals surface area contributed by atoms with Crippen molar-refractivity contribution in [2.45, 2.75) is 12.3 Å². The van der Waals surface area contributed by atoms with Gasteiger partial charge in [-0.15, -0.1) is 0 Å². The third-order valence-electron chi connectivity index (χ3n) is 3.89. The number of phenols is 1. The molecule has 5 heteroatoms. The third-order valence-corrected chi connectivity index (χ3v) is 4.14. The van der Waals surface area contributed by atoms with Crippen molar-refractivity contribution < 1.29 is 19.1 Å². The molecule has 0 saturated heterocycles. The molecule has 1 heterocycles. The molecule has 126 valence electrons. The Labute approximate surface area is 149 Å². The minimum atomic E-state index is -0.744. The topological polar surface area (TPSA) is 67.5 Å². The van der Waals surface area contributed by atoms with E-state index in [9.17, 15) is 14.7 Å². The van der Waals surface area contributed by atoms with Crippen LogP contribution in [0.1, 0.15) is 38.8 Å². The Morgan fingerprint density at radius 1 is 1.00 bits per heavy atom. The Hall–Kier alpha value is -2.85. The molecule has 3 aromatic rings. The number of furan rings is 1. The summed E-state index contributed by atoms with van der Waals surface area (Å²) in [6.07, 6.45) is 1.41. The van der Waals surface area contributed by atoms with Gasteiger partial charge in [-0.05, 0) is 48.5 Å². The van der Waals surface area contributed by atoms with E-state index in [1.54, 1.807) is 48.5 Å². The zero-order valence-corrected chi connectivity index (χ0v) is 13.9. The van der Waals surface area contributed by atoms with Gasteiger partial charge in [-0.3, -0.25) is 9.59 Å². The summed E-state index contributed by atoms with van der Waals surface area (Å²) in [5.74, 6) is -0.788. The summed E-state index contributed by atoms with van der Waals surface area (Å²) in [5, 5.41) is 10.1. The van der Waals surface area contributed by atoms with Crippen LogP contribution in [0.15, 0.2) is 71.3 Å². The van der Waals surface area contributed by atoms with Crippen molar-refractivity contribution in [1.82, 2.24) is 0 Å². The highest BCUT2D eigenvalue weighted by molar-refractivity contribution is 6.30. The summed E-state index contributed by atoms with van der Waals surface area (Å²) >= 11 is 5.87. The van der Waals surface area contributed by atoms with Gasteiger partial charge in [-0.1, -0.05) is 23.7 Å². The van der Waals surface area contributed by atoms with Gasteiger partial charge in [-0.2, -0.15) is 0 Å². The van der Waals surface area contributed by atoms with E-state index in [1.165, 1.54) is 18.4 Å². The monoisotopic (exact) mass is 354 g/mol. The van der Waals surface area contributed by atoms with Crippen molar-refractivity contribution in [3.8, 4) is 5.75 Å². The predicted octanol–water partition coefficient (Wildman–Crippen LogP) is 4.88. The molecule has 0 saturated carbocycles. The molecule has 0 amide bonds. The second-order valence-corrected chi connectivity index (χ2v) is 6.05. The van der Waals surface area contributed by atoms with Gasteiger partial charge in [0.2, 0.25) is 0 Å². The van der Waals surface area contributed by atoms with Crippen LogP contribution in [-0.4, -0.2) is 16.7 Å². The van der Waals surface area contributed by atoms with Crippen LogP contribution in [0.3, 0.4) is 0 Å². The number of halogens is 1. The fourth-order valence-electron chi connectivity index (χ4n) is 2.61. The van der Waals surface area contributed by atoms with Gasteiger partial charge < -0.3 is 9.52 Å². The summed E-state index contributed by atoms with van der Waals surface area (Å²) in [6, 6.07) is 15.9. The van der Waals surface area contributed by atoms with Crippen LogP contribution in [0.5, 0.6) is 5.75 Å². The first-order valence-corrected chi connectivity index (χ1v) is 8.08. The zero-order chi connectivity index (χ0) is 17.8. The quantitative estimate of drug-likeness (QED) is 0.641. The van der Waals surface area contributed by atoms with Gasteiger partial charge in [0.15, 0.2) is 11.6 Å². The lowest BCUT2D eigenvalue weighted by Gasteiger charge is -2.13. The van der Waals surface area contributed by atoms with E-state index in [4.69, 9.17) is 16.0 Å². The maximum absolute atomic E-state index is 12.9. The van der Waals surface area contributed by atoms with Gasteiger partial charge in [0, 0.05) is 22.6 Å². The predicted molar refractivity (Wildman–Crippen MR) is 94.3 cm³/mol. The number of aromatic hydroxyl groups is 1. The Morgan fingerprint density at radius 2 is 1.76 bits per heavy atom. The Kier molecular flexibility index (Phi) is 5.00. The highest BCUT2D eigenvalue weighted by Crippen LogP contribution is 2.28. The molecule has 2 aromatic carbocycles. The normalized spacial score (nSPS) is 11.9. The molecule has 0 spiro atoms. The number of carbonyl (C=O) groups is 2. The highest BCUT2D eigenvalue weighted by Gasteiger charge is 2.27. The smallest absolute Gasteiger partial charge is 0.173 e. The molecular weight excluding hydrogens is 340 g/mol. The second kappa shape index (κ2) is 7.36. The molecule has 3 rings (SSSR count). The number of rotatable bonds is 6. The molecular formula is C20H15ClO4. The zero-order valence-electron chi connectivity index (χ0n) is 13.2. The van der Waals surface area contributed by atoms with Crippen LogP contribution < -0.4 is 0 Å². The summed E-state index contributed by atoms with van der Waals surface area (Å²) in [5.41, 5.74) is 0.801. The van der Waals surface area contributed by atoms with Crippen molar-refractivity contribution in [3.63, 3.8) is 0 Å². The fraction of sp³-hybridized carbons (Fsp3) is 0.100. The molecule has 0 aliphatic carbocycles. The Balaban J connectivity index is 1.89. The highest BCUT2D eigenvalue weighted by atomic mass is 35.5. The van der Waals surface area contributed by atoms with E-state index < -0.39 is 5.92 Å². The molecule has 1 unspecified atom stereocenters. The van der Waals surface area contributed by atoms with Crippen molar-refractivity contribution >= 4 is 23.2 Å². The van der Waals surface area contributed by atoms with Crippen molar-refractivity contribution in [3.05, 3.63) is 88.8 Å². The third kappa shape index (κ3) is 3.98. The van der Waals surface area contributed by atoms with Crippen molar-refractivity contribution in [2.24, 2.45) is 0 Å². The van der Waals surface area contributed by atoms with Crippen LogP contribution in [-0.2, 0) is 0 Å². The first-order valence-electron chi connectivity index (χ1n) is 7.70. The molecule has 0 aliphatic heterocycles. The number of carbonyl (C=O) groups excluding carboxylic acids is 2. The second-order valence-electron chi connectivity index (χ2n) is 5.62. The van der Waals surface area contributed by atoms with E-state index in [0.29, 0.717) is 21.9 Å². The van der Waals surface area contributed by atoms with E-state index >= 15 is 0 Å². The summed E-state index contributed by atoms with van der Waals surface area (Å²) < 4.78 is 5.37. The Bertz CT molecular complexity index is 882. The minimum Gasteiger partial charge on any atom is -0.508 e. The van der Waals surface area contributed by atoms with Crippen LogP contribution in [0, 0.1) is 0 Å². The van der Waals surface area contributed by atoms with Crippen molar-refractivity contribution in [1.29, 1.82) is 0 Å². The van der Waals surface area contributed by atoms with Crippen molar-refractivity contribution in [2.75, 3.05) is 0 Å². The van der Waals surface area contributed by atoms with Crippen LogP contribution in [0.2, 0.25) is 5.02 Å². The number of Topliss-reactive ketones (excluding diaryl/α,β-unsaturated/α-hetero) is 2. The lowest BCUT2D eigenvalue weighted by atomic mass is 9.89. The molecule has 4 nitrogen and oxygen atoms in total. The SMILES string of the molecule is O=C(CC(C(=O)c1ccc(Cl)cc1)c1ccco1)c1cccc(O)c1. The summed E-state index contributed by atoms with van der Waals surface area (Å²) in [6.45, 7) is 0. The molecule has 25 heavy (non-hydrogen) atoms. The van der Waals surface area contributed by atoms with Crippen LogP contribution in [0.25, 0.3) is 0 Å². The molecule has 1 aromatic heterocycles. The average Bonchev–Trinajstić information content (AvgIpc) is 3.14. The number of ketones is 2. The summed E-state index contributed by atoms with van der Waals surface area (Å²) in [4.78, 5) is 25.4. The molecule has 0 aliphatic rings. The van der Waals surface area contributed by atoms with E-state index in [-0.39, 0.29) is 23.7 Å². The molecule has 0 radical (unpaired) electrons. The fourth-order valence-corrected chi connectivity index (χ4v) is 2.74. The summed E-state index contributed by atoms with van der Waals surface area (Å²) in [7, 11) is 0. The molecule has 1 N–H and O–H groups in total. The first-order chi connectivity index (χ1) is 12.0. The van der Waals surface area contributed by atoms with Crippen LogP contribution in [0.4, 0.5) is 0 Å². The average molecular weight is 355 g/mol. The van der Waals surface area contributed by atoms with Gasteiger partial charge in [0.1, 0.15) is 11.5 Å². The van der Waals surface area contributed by atoms with Gasteiger partial charge >= 0.3 is 0 Å². The largest absolute Gasteiger partial charge is 0.508 e. The molecule has 0 bridgehead atoms. The first kappa shape index (κ1) is 17.0. The number of benzene rings is 2. The van der Waals surface area contributed by atoms with Crippen LogP contribution >= 0.6 is 11.6 Å². The lowest BCUT2D eigenvalue weighted by Crippen LogP contribution is -2.17. The van der Waals surface area contributed by atoms with E-state index in [0.717, 1.165) is 0 Å². The number of phenolic OH excluding ortho intramolecular Hbond substituents is 1. The van der Waals surface area contributed by atoms with Gasteiger partial charge in [0.05, 0.1) is 12.2 Å². The molecule has 0 fully saturated rings. The number of hydrogen-bond acceptors (Lipinski definition) is 4. The molecule has 1 atom stereocenters. The Morgan fingerprint density at radius 3 is 2.40 bits per heavy atom. The lowest BCUT2D eigenvalue weighted by molar-refractivity contribution is 0.0883. The maximum Gasteiger partial charge on any atom is 0.173 e. The van der Waals surface area contributed by atoms with Gasteiger partial charge in [-0.25, -0.2) is 0 Å². The van der Waals surface area contributed by atoms with Gasteiger partial charge in [0.25, 0.3) is 0 Å². The number of hydrogen-bond donors (Lipinski definition) is 1. The standard InChI is InChI=1S/C20H15ClO4/c21-15-8-6-13(7-9-15)20(24)17(19-5-2-10-25-19)12-18(23)14-3-1-4-16(22)11-14/h1-11,17,22H,12H2. The maximum atomic E-state index is 12.9. The minimum absolute atomic E-state index is 0.00410.